The summed E-state index contributed by atoms with van der Waals surface area (Å²) in [6.45, 7) is 6.71. The summed E-state index contributed by atoms with van der Waals surface area (Å²) in [7, 11) is 0. The summed E-state index contributed by atoms with van der Waals surface area (Å²) < 4.78 is 71.0. The molecule has 0 N–H and O–H groups in total. The summed E-state index contributed by atoms with van der Waals surface area (Å²) in [6.07, 6.45) is 10.5. The van der Waals surface area contributed by atoms with Crippen LogP contribution in [0.25, 0.3) is 22.3 Å². The molecule has 0 aliphatic carbocycles. The van der Waals surface area contributed by atoms with Crippen molar-refractivity contribution in [3.05, 3.63) is 90.0 Å². The highest BCUT2D eigenvalue weighted by Crippen LogP contribution is 2.37. The first-order valence-corrected chi connectivity index (χ1v) is 14.4. The van der Waals surface area contributed by atoms with Crippen molar-refractivity contribution in [2.75, 3.05) is 13.2 Å². The highest BCUT2D eigenvalue weighted by Gasteiger charge is 2.26. The third-order valence-electron chi connectivity index (χ3n) is 7.66. The molecule has 214 valence electrons. The molecule has 6 heteroatoms. The highest BCUT2D eigenvalue weighted by atomic mass is 19.2. The average molecular weight is 555 g/mol. The number of rotatable bonds is 13. The standard InChI is InChI=1S/C34H38F4O2/c1-3-5-6-7-8-9-10-21-39-30-20-18-27(32(36)34(30)38)25-14-12-24(13-15-25)26-16-17-28(33(37)31(26)35)29-19-11-23(4-2)22-40-29/h4,12-18,20,23,29H,2-3,5-11,19,21-22H2,1H3. The SMILES string of the molecule is C=CC1CCC(c2ccc(-c3ccc(-c4ccc(OCCCCCCCCC)c(F)c4F)cc3)c(F)c2F)OC1. The lowest BCUT2D eigenvalue weighted by molar-refractivity contribution is -0.00732. The van der Waals surface area contributed by atoms with Crippen LogP contribution >= 0.6 is 0 Å². The Bertz CT molecular complexity index is 1260. The molecule has 0 spiro atoms. The third kappa shape index (κ3) is 7.14. The van der Waals surface area contributed by atoms with Crippen molar-refractivity contribution in [1.82, 2.24) is 0 Å². The monoisotopic (exact) mass is 554 g/mol. The van der Waals surface area contributed by atoms with E-state index in [2.05, 4.69) is 13.5 Å². The fraction of sp³-hybridized carbons (Fsp3) is 0.412. The van der Waals surface area contributed by atoms with Gasteiger partial charge in [-0.3, -0.25) is 0 Å². The van der Waals surface area contributed by atoms with Gasteiger partial charge in [0, 0.05) is 22.6 Å². The second-order valence-electron chi connectivity index (χ2n) is 10.5. The van der Waals surface area contributed by atoms with E-state index in [0.717, 1.165) is 25.7 Å². The molecule has 1 saturated heterocycles. The normalized spacial score (nSPS) is 17.1. The molecule has 1 aliphatic rings. The Labute approximate surface area is 235 Å². The summed E-state index contributed by atoms with van der Waals surface area (Å²) in [4.78, 5) is 0. The van der Waals surface area contributed by atoms with E-state index in [9.17, 15) is 8.78 Å². The van der Waals surface area contributed by atoms with Gasteiger partial charge in [0.2, 0.25) is 5.82 Å². The van der Waals surface area contributed by atoms with Crippen molar-refractivity contribution in [3.8, 4) is 28.0 Å². The number of unbranched alkanes of at least 4 members (excludes halogenated alkanes) is 6. The summed E-state index contributed by atoms with van der Waals surface area (Å²) in [5.74, 6) is -3.80. The maximum Gasteiger partial charge on any atom is 0.201 e. The summed E-state index contributed by atoms with van der Waals surface area (Å²) in [6, 6.07) is 12.3. The van der Waals surface area contributed by atoms with E-state index in [0.29, 0.717) is 30.8 Å². The van der Waals surface area contributed by atoms with Crippen LogP contribution < -0.4 is 4.74 Å². The first-order chi connectivity index (χ1) is 19.4. The topological polar surface area (TPSA) is 18.5 Å². The zero-order chi connectivity index (χ0) is 28.5. The van der Waals surface area contributed by atoms with Crippen LogP contribution in [0.4, 0.5) is 17.6 Å². The van der Waals surface area contributed by atoms with Gasteiger partial charge in [0.05, 0.1) is 19.3 Å². The minimum atomic E-state index is -1.03. The summed E-state index contributed by atoms with van der Waals surface area (Å²) in [5, 5.41) is 0. The molecule has 4 rings (SSSR count). The molecular weight excluding hydrogens is 516 g/mol. The zero-order valence-corrected chi connectivity index (χ0v) is 23.2. The number of halogens is 4. The summed E-state index contributed by atoms with van der Waals surface area (Å²) >= 11 is 0. The Morgan fingerprint density at radius 3 is 1.95 bits per heavy atom. The molecular formula is C34H38F4O2. The Morgan fingerprint density at radius 2 is 1.35 bits per heavy atom. The molecule has 0 aromatic heterocycles. The van der Waals surface area contributed by atoms with Crippen LogP contribution in [0.1, 0.15) is 76.4 Å². The van der Waals surface area contributed by atoms with E-state index in [1.54, 1.807) is 30.3 Å². The lowest BCUT2D eigenvalue weighted by atomic mass is 9.92. The van der Waals surface area contributed by atoms with E-state index in [-0.39, 0.29) is 28.4 Å². The number of hydrogen-bond acceptors (Lipinski definition) is 2. The van der Waals surface area contributed by atoms with E-state index < -0.39 is 29.4 Å². The predicted molar refractivity (Wildman–Crippen MR) is 152 cm³/mol. The van der Waals surface area contributed by atoms with Crippen LogP contribution in [-0.4, -0.2) is 13.2 Å². The van der Waals surface area contributed by atoms with E-state index >= 15 is 8.78 Å². The quantitative estimate of drug-likeness (QED) is 0.119. The van der Waals surface area contributed by atoms with Crippen LogP contribution in [0.5, 0.6) is 5.75 Å². The first kappa shape index (κ1) is 29.9. The predicted octanol–water partition coefficient (Wildman–Crippen LogP) is 10.4. The van der Waals surface area contributed by atoms with Gasteiger partial charge in [-0.1, -0.05) is 87.9 Å². The van der Waals surface area contributed by atoms with Crippen LogP contribution in [0.15, 0.2) is 61.2 Å². The highest BCUT2D eigenvalue weighted by molar-refractivity contribution is 5.71. The van der Waals surface area contributed by atoms with E-state index in [4.69, 9.17) is 9.47 Å². The molecule has 1 heterocycles. The number of hydrogen-bond donors (Lipinski definition) is 0. The van der Waals surface area contributed by atoms with Gasteiger partial charge in [-0.2, -0.15) is 4.39 Å². The van der Waals surface area contributed by atoms with Gasteiger partial charge >= 0.3 is 0 Å². The molecule has 0 bridgehead atoms. The molecule has 3 aromatic rings. The largest absolute Gasteiger partial charge is 0.490 e. The van der Waals surface area contributed by atoms with E-state index in [1.807, 2.05) is 6.08 Å². The molecule has 1 fully saturated rings. The van der Waals surface area contributed by atoms with Crippen molar-refractivity contribution in [2.45, 2.75) is 70.8 Å². The van der Waals surface area contributed by atoms with Gasteiger partial charge < -0.3 is 9.47 Å². The smallest absolute Gasteiger partial charge is 0.201 e. The lowest BCUT2D eigenvalue weighted by Crippen LogP contribution is -2.20. The zero-order valence-electron chi connectivity index (χ0n) is 23.2. The maximum absolute atomic E-state index is 15.1. The Balaban J connectivity index is 1.40. The van der Waals surface area contributed by atoms with Crippen LogP contribution in [0, 0.1) is 29.2 Å². The Morgan fingerprint density at radius 1 is 0.750 bits per heavy atom. The number of benzene rings is 3. The maximum atomic E-state index is 15.1. The van der Waals surface area contributed by atoms with E-state index in [1.165, 1.54) is 43.9 Å². The second-order valence-corrected chi connectivity index (χ2v) is 10.5. The minimum Gasteiger partial charge on any atom is -0.490 e. The molecule has 0 amide bonds. The number of ether oxygens (including phenoxy) is 2. The molecule has 3 aromatic carbocycles. The van der Waals surface area contributed by atoms with Crippen LogP contribution in [-0.2, 0) is 4.74 Å². The second kappa shape index (κ2) is 14.5. The van der Waals surface area contributed by atoms with Crippen LogP contribution in [0.2, 0.25) is 0 Å². The third-order valence-corrected chi connectivity index (χ3v) is 7.66. The summed E-state index contributed by atoms with van der Waals surface area (Å²) in [5.41, 5.74) is 1.21. The molecule has 2 nitrogen and oxygen atoms in total. The van der Waals surface area contributed by atoms with Gasteiger partial charge in [0.25, 0.3) is 0 Å². The molecule has 0 radical (unpaired) electrons. The lowest BCUT2D eigenvalue weighted by Gasteiger charge is -2.28. The van der Waals surface area contributed by atoms with Crippen molar-refractivity contribution in [1.29, 1.82) is 0 Å². The molecule has 2 unspecified atom stereocenters. The van der Waals surface area contributed by atoms with Gasteiger partial charge in [-0.15, -0.1) is 6.58 Å². The van der Waals surface area contributed by atoms with Crippen molar-refractivity contribution in [3.63, 3.8) is 0 Å². The molecule has 2 atom stereocenters. The van der Waals surface area contributed by atoms with Crippen molar-refractivity contribution >= 4 is 0 Å². The fourth-order valence-corrected chi connectivity index (χ4v) is 5.18. The minimum absolute atomic E-state index is 0.0709. The Kier molecular flexibility index (Phi) is 10.8. The van der Waals surface area contributed by atoms with Gasteiger partial charge in [0.1, 0.15) is 0 Å². The Hall–Kier alpha value is -3.12. The van der Waals surface area contributed by atoms with Crippen LogP contribution in [0.3, 0.4) is 0 Å². The van der Waals surface area contributed by atoms with Gasteiger partial charge in [0.15, 0.2) is 23.2 Å². The molecule has 40 heavy (non-hydrogen) atoms. The molecule has 1 aliphatic heterocycles. The van der Waals surface area contributed by atoms with Gasteiger partial charge in [-0.25, -0.2) is 13.2 Å². The first-order valence-electron chi connectivity index (χ1n) is 14.4. The average Bonchev–Trinajstić information content (AvgIpc) is 2.98. The van der Waals surface area contributed by atoms with Crippen molar-refractivity contribution < 1.29 is 27.0 Å². The van der Waals surface area contributed by atoms with Gasteiger partial charge in [-0.05, 0) is 42.5 Å². The van der Waals surface area contributed by atoms with Crippen molar-refractivity contribution in [2.24, 2.45) is 5.92 Å². The fourth-order valence-electron chi connectivity index (χ4n) is 5.18. The molecule has 0 saturated carbocycles.